The lowest BCUT2D eigenvalue weighted by Gasteiger charge is -2.40. The summed E-state index contributed by atoms with van der Waals surface area (Å²) in [6.45, 7) is 3.40. The number of carbonyl (C=O) groups excluding carboxylic acids is 1. The van der Waals surface area contributed by atoms with Crippen molar-refractivity contribution in [2.24, 2.45) is 13.0 Å². The Bertz CT molecular complexity index is 762. The van der Waals surface area contributed by atoms with E-state index < -0.39 is 0 Å². The minimum atomic E-state index is 0.0286. The van der Waals surface area contributed by atoms with Crippen LogP contribution in [0.1, 0.15) is 22.5 Å². The lowest BCUT2D eigenvalue weighted by molar-refractivity contribution is -0.0158. The highest BCUT2D eigenvalue weighted by atomic mass is 16.5. The minimum Gasteiger partial charge on any atom is -0.381 e. The number of aryl methyl sites for hydroxylation is 1. The van der Waals surface area contributed by atoms with Gasteiger partial charge in [0, 0.05) is 64.8 Å². The van der Waals surface area contributed by atoms with E-state index in [-0.39, 0.29) is 18.1 Å². The summed E-state index contributed by atoms with van der Waals surface area (Å²) in [4.78, 5) is 21.5. The molecule has 4 heterocycles. The van der Waals surface area contributed by atoms with Gasteiger partial charge in [0.25, 0.3) is 5.91 Å². The Morgan fingerprint density at radius 3 is 2.77 bits per heavy atom. The molecule has 2 aliphatic rings. The number of fused-ring (bicyclic) bond motifs is 1. The van der Waals surface area contributed by atoms with E-state index in [9.17, 15) is 4.79 Å². The van der Waals surface area contributed by atoms with E-state index >= 15 is 0 Å². The predicted octanol–water partition coefficient (Wildman–Crippen LogP) is 1.18. The van der Waals surface area contributed by atoms with Gasteiger partial charge < -0.3 is 9.64 Å². The molecule has 4 rings (SSSR count). The molecular formula is C19H25N5O2. The number of pyridine rings is 1. The van der Waals surface area contributed by atoms with Gasteiger partial charge in [-0.15, -0.1) is 0 Å². The molecule has 0 radical (unpaired) electrons. The highest BCUT2D eigenvalue weighted by molar-refractivity contribution is 5.92. The highest BCUT2D eigenvalue weighted by Gasteiger charge is 2.46. The number of hydrogen-bond acceptors (Lipinski definition) is 5. The molecule has 2 aromatic heterocycles. The van der Waals surface area contributed by atoms with Gasteiger partial charge in [-0.1, -0.05) is 0 Å². The zero-order valence-electron chi connectivity index (χ0n) is 15.3. The average Bonchev–Trinajstić information content (AvgIpc) is 3.27. The third kappa shape index (κ3) is 3.24. The summed E-state index contributed by atoms with van der Waals surface area (Å²) >= 11 is 0. The Kier molecular flexibility index (Phi) is 4.74. The van der Waals surface area contributed by atoms with Gasteiger partial charge in [-0.2, -0.15) is 5.10 Å². The van der Waals surface area contributed by atoms with Crippen molar-refractivity contribution in [1.29, 1.82) is 0 Å². The lowest BCUT2D eigenvalue weighted by atomic mass is 9.89. The molecule has 2 saturated heterocycles. The normalized spacial score (nSPS) is 26.1. The fraction of sp³-hybridized carbons (Fsp3) is 0.526. The molecule has 0 N–H and O–H groups in total. The Balaban J connectivity index is 1.52. The maximum atomic E-state index is 13.0. The van der Waals surface area contributed by atoms with Crippen molar-refractivity contribution in [3.05, 3.63) is 48.0 Å². The van der Waals surface area contributed by atoms with E-state index in [0.29, 0.717) is 11.6 Å². The quantitative estimate of drug-likeness (QED) is 0.824. The van der Waals surface area contributed by atoms with E-state index in [2.05, 4.69) is 15.0 Å². The largest absolute Gasteiger partial charge is 0.381 e. The Morgan fingerprint density at radius 2 is 2.08 bits per heavy atom. The van der Waals surface area contributed by atoms with Crippen molar-refractivity contribution >= 4 is 5.91 Å². The molecule has 7 nitrogen and oxygen atoms in total. The van der Waals surface area contributed by atoms with Crippen molar-refractivity contribution in [2.45, 2.75) is 25.1 Å². The van der Waals surface area contributed by atoms with E-state index in [1.54, 1.807) is 17.9 Å². The van der Waals surface area contributed by atoms with Crippen LogP contribution in [-0.2, 0) is 18.3 Å². The van der Waals surface area contributed by atoms with Gasteiger partial charge in [-0.25, -0.2) is 0 Å². The second-order valence-corrected chi connectivity index (χ2v) is 7.22. The van der Waals surface area contributed by atoms with E-state index in [0.717, 1.165) is 32.6 Å². The second-order valence-electron chi connectivity index (χ2n) is 7.22. The van der Waals surface area contributed by atoms with Crippen molar-refractivity contribution in [1.82, 2.24) is 24.6 Å². The number of rotatable bonds is 4. The SMILES string of the molecule is CO[C@H]1CCN(C(=O)c2ccn(C)n2)[C@@H]2CN(Cc3ccncc3)C[C@H]12. The number of amides is 1. The molecule has 0 bridgehead atoms. The van der Waals surface area contributed by atoms with Gasteiger partial charge in [-0.05, 0) is 30.2 Å². The maximum absolute atomic E-state index is 13.0. The predicted molar refractivity (Wildman–Crippen MR) is 96.5 cm³/mol. The van der Waals surface area contributed by atoms with E-state index in [1.807, 2.05) is 42.7 Å². The molecule has 1 amide bonds. The lowest BCUT2D eigenvalue weighted by Crippen LogP contribution is -2.53. The van der Waals surface area contributed by atoms with Crippen LogP contribution in [0.5, 0.6) is 0 Å². The molecular weight excluding hydrogens is 330 g/mol. The first kappa shape index (κ1) is 17.2. The number of carbonyl (C=O) groups is 1. The molecule has 2 aliphatic heterocycles. The first-order valence-electron chi connectivity index (χ1n) is 9.10. The molecule has 138 valence electrons. The Hall–Kier alpha value is -2.25. The Morgan fingerprint density at radius 1 is 1.27 bits per heavy atom. The van der Waals surface area contributed by atoms with E-state index in [1.165, 1.54) is 5.56 Å². The summed E-state index contributed by atoms with van der Waals surface area (Å²) in [6, 6.07) is 6.06. The number of likely N-dealkylation sites (tertiary alicyclic amines) is 2. The van der Waals surface area contributed by atoms with Crippen LogP contribution in [0.4, 0.5) is 0 Å². The molecule has 0 saturated carbocycles. The average molecular weight is 355 g/mol. The zero-order chi connectivity index (χ0) is 18.1. The Labute approximate surface area is 153 Å². The van der Waals surface area contributed by atoms with Gasteiger partial charge in [0.1, 0.15) is 5.69 Å². The molecule has 2 fully saturated rings. The van der Waals surface area contributed by atoms with Crippen LogP contribution in [0.25, 0.3) is 0 Å². The van der Waals surface area contributed by atoms with Gasteiger partial charge in [0.2, 0.25) is 0 Å². The van der Waals surface area contributed by atoms with E-state index in [4.69, 9.17) is 4.74 Å². The third-order valence-corrected chi connectivity index (χ3v) is 5.59. The number of methoxy groups -OCH3 is 1. The van der Waals surface area contributed by atoms with Crippen LogP contribution in [0, 0.1) is 5.92 Å². The van der Waals surface area contributed by atoms with Gasteiger partial charge in [0.15, 0.2) is 0 Å². The molecule has 0 spiro atoms. The van der Waals surface area contributed by atoms with Crippen LogP contribution in [0.3, 0.4) is 0 Å². The summed E-state index contributed by atoms with van der Waals surface area (Å²) in [7, 11) is 3.62. The maximum Gasteiger partial charge on any atom is 0.274 e. The number of nitrogens with zero attached hydrogens (tertiary/aromatic N) is 5. The van der Waals surface area contributed by atoms with Crippen LogP contribution in [0.15, 0.2) is 36.8 Å². The molecule has 0 aliphatic carbocycles. The van der Waals surface area contributed by atoms with Crippen molar-refractivity contribution < 1.29 is 9.53 Å². The number of aromatic nitrogens is 3. The number of ether oxygens (including phenoxy) is 1. The minimum absolute atomic E-state index is 0.0286. The first-order chi connectivity index (χ1) is 12.7. The van der Waals surface area contributed by atoms with Crippen molar-refractivity contribution in [2.75, 3.05) is 26.7 Å². The molecule has 26 heavy (non-hydrogen) atoms. The molecule has 0 aromatic carbocycles. The smallest absolute Gasteiger partial charge is 0.274 e. The van der Waals surface area contributed by atoms with Crippen LogP contribution >= 0.6 is 0 Å². The summed E-state index contributed by atoms with van der Waals surface area (Å²) in [5.74, 6) is 0.365. The summed E-state index contributed by atoms with van der Waals surface area (Å²) in [5.41, 5.74) is 1.77. The van der Waals surface area contributed by atoms with Crippen LogP contribution in [-0.4, -0.2) is 69.4 Å². The second kappa shape index (κ2) is 7.17. The topological polar surface area (TPSA) is 63.5 Å². The van der Waals surface area contributed by atoms with Crippen molar-refractivity contribution in [3.8, 4) is 0 Å². The zero-order valence-corrected chi connectivity index (χ0v) is 15.3. The highest BCUT2D eigenvalue weighted by Crippen LogP contribution is 2.33. The summed E-state index contributed by atoms with van der Waals surface area (Å²) in [6.07, 6.45) is 6.55. The number of hydrogen-bond donors (Lipinski definition) is 0. The molecule has 7 heteroatoms. The van der Waals surface area contributed by atoms with Gasteiger partial charge >= 0.3 is 0 Å². The third-order valence-electron chi connectivity index (χ3n) is 5.59. The number of piperidine rings is 1. The van der Waals surface area contributed by atoms with Crippen LogP contribution in [0.2, 0.25) is 0 Å². The molecule has 2 aromatic rings. The molecule has 3 atom stereocenters. The van der Waals surface area contributed by atoms with Gasteiger partial charge in [-0.3, -0.25) is 19.4 Å². The molecule has 0 unspecified atom stereocenters. The fourth-order valence-corrected chi connectivity index (χ4v) is 4.33. The monoisotopic (exact) mass is 355 g/mol. The summed E-state index contributed by atoms with van der Waals surface area (Å²) < 4.78 is 7.42. The standard InChI is InChI=1S/C19H25N5O2/c1-22-9-5-16(21-22)19(25)24-10-6-18(26-2)15-12-23(13-17(15)24)11-14-3-7-20-8-4-14/h3-5,7-9,15,17-18H,6,10-13H2,1-2H3/t15-,17+,18-/m0/s1. The van der Waals surface area contributed by atoms with Gasteiger partial charge in [0.05, 0.1) is 12.1 Å². The van der Waals surface area contributed by atoms with Crippen molar-refractivity contribution in [3.63, 3.8) is 0 Å². The summed E-state index contributed by atoms with van der Waals surface area (Å²) in [5, 5.41) is 4.30. The fourth-order valence-electron chi connectivity index (χ4n) is 4.33. The van der Waals surface area contributed by atoms with Crippen LogP contribution < -0.4 is 0 Å². The first-order valence-corrected chi connectivity index (χ1v) is 9.10.